The number of halogens is 7. The molecular formula is C10H5Cl7. The minimum Gasteiger partial charge on any atom is -0.111 e. The van der Waals surface area contributed by atoms with E-state index in [0.717, 1.165) is 0 Å². The summed E-state index contributed by atoms with van der Waals surface area (Å²) >= 11 is 44.5. The van der Waals surface area contributed by atoms with Crippen LogP contribution in [0.2, 0.25) is 0 Å². The fourth-order valence-corrected chi connectivity index (χ4v) is 6.83. The number of fused-ring (bicyclic) bond motifs is 3. The number of rotatable bonds is 0. The van der Waals surface area contributed by atoms with Crippen LogP contribution < -0.4 is 0 Å². The van der Waals surface area contributed by atoms with Crippen LogP contribution in [0.1, 0.15) is 6.42 Å². The smallest absolute Gasteiger partial charge is 0.111 e. The van der Waals surface area contributed by atoms with Crippen molar-refractivity contribution in [1.82, 2.24) is 0 Å². The van der Waals surface area contributed by atoms with Gasteiger partial charge in [-0.15, -0.1) is 34.8 Å². The van der Waals surface area contributed by atoms with E-state index in [4.69, 9.17) is 81.2 Å². The van der Waals surface area contributed by atoms with Gasteiger partial charge in [0.1, 0.15) is 14.6 Å². The van der Waals surface area contributed by atoms with Gasteiger partial charge in [0.05, 0.1) is 0 Å². The maximum Gasteiger partial charge on any atom is 0.167 e. The predicted molar refractivity (Wildman–Crippen MR) is 76.5 cm³/mol. The first-order valence-electron chi connectivity index (χ1n) is 4.79. The van der Waals surface area contributed by atoms with Crippen LogP contribution in [0.25, 0.3) is 0 Å². The minimum absolute atomic E-state index is 0.431. The number of allylic oxidation sites excluding steroid dienone is 4. The summed E-state index contributed by atoms with van der Waals surface area (Å²) < 4.78 is -2.99. The lowest BCUT2D eigenvalue weighted by Crippen LogP contribution is -2.49. The molecule has 0 aromatic rings. The van der Waals surface area contributed by atoms with Gasteiger partial charge in [-0.25, -0.2) is 0 Å². The number of hydrogen-bond donors (Lipinski definition) is 0. The Kier molecular flexibility index (Phi) is 2.55. The Labute approximate surface area is 134 Å². The van der Waals surface area contributed by atoms with Gasteiger partial charge < -0.3 is 0 Å². The lowest BCUT2D eigenvalue weighted by molar-refractivity contribution is 0.578. The summed E-state index contributed by atoms with van der Waals surface area (Å²) in [6.45, 7) is 0. The molecule has 0 amide bonds. The van der Waals surface area contributed by atoms with Crippen molar-refractivity contribution >= 4 is 81.2 Å². The van der Waals surface area contributed by atoms with Gasteiger partial charge >= 0.3 is 0 Å². The molecule has 2 saturated carbocycles. The summed E-state index contributed by atoms with van der Waals surface area (Å²) in [7, 11) is 0. The summed E-state index contributed by atoms with van der Waals surface area (Å²) in [6.07, 6.45) is 5.83. The van der Waals surface area contributed by atoms with Gasteiger partial charge in [-0.05, 0) is 12.0 Å². The first kappa shape index (κ1) is 13.5. The highest BCUT2D eigenvalue weighted by molar-refractivity contribution is 6.74. The van der Waals surface area contributed by atoms with E-state index < -0.39 is 23.3 Å². The van der Waals surface area contributed by atoms with E-state index in [2.05, 4.69) is 0 Å². The molecule has 0 nitrogen and oxygen atoms in total. The van der Waals surface area contributed by atoms with Gasteiger partial charge in [-0.2, -0.15) is 0 Å². The van der Waals surface area contributed by atoms with E-state index in [1.165, 1.54) is 0 Å². The summed E-state index contributed by atoms with van der Waals surface area (Å²) in [4.78, 5) is -3.71. The van der Waals surface area contributed by atoms with Crippen LogP contribution in [0, 0.1) is 0 Å². The van der Waals surface area contributed by atoms with E-state index in [1.54, 1.807) is 6.08 Å². The topological polar surface area (TPSA) is 0 Å². The molecule has 3 unspecified atom stereocenters. The zero-order valence-corrected chi connectivity index (χ0v) is 13.4. The predicted octanol–water partition coefficient (Wildman–Crippen LogP) is 5.18. The summed E-state index contributed by atoms with van der Waals surface area (Å²) in [5, 5.41) is 0. The molecule has 3 rings (SSSR count). The van der Waals surface area contributed by atoms with Gasteiger partial charge in [0.25, 0.3) is 0 Å². The average molecular weight is 373 g/mol. The van der Waals surface area contributed by atoms with E-state index in [9.17, 15) is 0 Å². The Morgan fingerprint density at radius 1 is 0.882 bits per heavy atom. The van der Waals surface area contributed by atoms with E-state index in [0.29, 0.717) is 12.0 Å². The fourth-order valence-electron chi connectivity index (χ4n) is 2.78. The molecule has 0 N–H and O–H groups in total. The number of hydrogen-bond acceptors (Lipinski definition) is 0. The van der Waals surface area contributed by atoms with Gasteiger partial charge in [0, 0.05) is 0 Å². The molecule has 17 heavy (non-hydrogen) atoms. The highest BCUT2D eigenvalue weighted by Gasteiger charge is 3.01. The average Bonchev–Trinajstić information content (AvgIpc) is 2.55. The molecular weight excluding hydrogens is 368 g/mol. The Balaban J connectivity index is 2.31. The van der Waals surface area contributed by atoms with Crippen molar-refractivity contribution in [2.45, 2.75) is 29.7 Å². The Morgan fingerprint density at radius 2 is 1.47 bits per heavy atom. The molecule has 7 heteroatoms. The molecule has 0 heterocycles. The highest BCUT2D eigenvalue weighted by Crippen LogP contribution is 2.89. The normalized spacial score (nSPS) is 52.8. The Morgan fingerprint density at radius 3 is 2.06 bits per heavy atom. The molecule has 0 bridgehead atoms. The van der Waals surface area contributed by atoms with E-state index in [1.807, 2.05) is 12.2 Å². The van der Waals surface area contributed by atoms with Crippen LogP contribution in [0.4, 0.5) is 0 Å². The second-order valence-corrected chi connectivity index (χ2v) is 8.91. The lowest BCUT2D eigenvalue weighted by Gasteiger charge is -2.39. The van der Waals surface area contributed by atoms with Crippen molar-refractivity contribution in [1.29, 1.82) is 0 Å². The third-order valence-corrected chi connectivity index (χ3v) is 9.28. The van der Waals surface area contributed by atoms with Crippen molar-refractivity contribution in [3.05, 3.63) is 23.8 Å². The third-order valence-electron chi connectivity index (χ3n) is 3.80. The van der Waals surface area contributed by atoms with Gasteiger partial charge in [-0.3, -0.25) is 0 Å². The fraction of sp³-hybridized carbons (Fsp3) is 0.600. The third kappa shape index (κ3) is 1.01. The van der Waals surface area contributed by atoms with Crippen molar-refractivity contribution < 1.29 is 0 Å². The summed E-state index contributed by atoms with van der Waals surface area (Å²) in [5.41, 5.74) is 0.584. The van der Waals surface area contributed by atoms with Crippen LogP contribution in [0.3, 0.4) is 0 Å². The van der Waals surface area contributed by atoms with E-state index in [-0.39, 0.29) is 0 Å². The van der Waals surface area contributed by atoms with Crippen molar-refractivity contribution in [3.8, 4) is 0 Å². The van der Waals surface area contributed by atoms with Crippen molar-refractivity contribution in [2.75, 3.05) is 0 Å². The van der Waals surface area contributed by atoms with Gasteiger partial charge in [0.15, 0.2) is 8.67 Å². The molecule has 0 saturated heterocycles. The van der Waals surface area contributed by atoms with Crippen LogP contribution in [-0.4, -0.2) is 23.3 Å². The molecule has 3 atom stereocenters. The van der Waals surface area contributed by atoms with Gasteiger partial charge in [-0.1, -0.05) is 64.6 Å². The molecule has 0 spiro atoms. The standard InChI is InChI=1S/C10H5Cl7/c11-6-4-2-1-3-5(6)7(12)8(13,9(6,14)15)10(7,16)17/h1-3H,4H2. The molecule has 0 aromatic carbocycles. The summed E-state index contributed by atoms with van der Waals surface area (Å²) in [6, 6.07) is 0. The van der Waals surface area contributed by atoms with Gasteiger partial charge in [0.2, 0.25) is 0 Å². The second-order valence-electron chi connectivity index (χ2n) is 4.48. The highest BCUT2D eigenvalue weighted by atomic mass is 35.5. The van der Waals surface area contributed by atoms with Crippen LogP contribution in [0.15, 0.2) is 23.8 Å². The van der Waals surface area contributed by atoms with Crippen LogP contribution in [0.5, 0.6) is 0 Å². The van der Waals surface area contributed by atoms with Crippen LogP contribution >= 0.6 is 81.2 Å². The van der Waals surface area contributed by atoms with Crippen molar-refractivity contribution in [2.24, 2.45) is 0 Å². The molecule has 3 aliphatic rings. The van der Waals surface area contributed by atoms with Crippen LogP contribution in [-0.2, 0) is 0 Å². The molecule has 3 aliphatic carbocycles. The maximum absolute atomic E-state index is 6.53. The molecule has 94 valence electrons. The van der Waals surface area contributed by atoms with E-state index >= 15 is 0 Å². The lowest BCUT2D eigenvalue weighted by atomic mass is 9.88. The zero-order chi connectivity index (χ0) is 12.9. The maximum atomic E-state index is 6.53. The Bertz CT molecular complexity index is 479. The Hall–Kier alpha value is 1.51. The number of alkyl halides is 7. The molecule has 2 fully saturated rings. The molecule has 0 radical (unpaired) electrons. The second kappa shape index (κ2) is 3.22. The molecule has 0 aromatic heterocycles. The monoisotopic (exact) mass is 370 g/mol. The first-order valence-corrected chi connectivity index (χ1v) is 7.44. The zero-order valence-electron chi connectivity index (χ0n) is 8.08. The minimum atomic E-state index is -1.55. The van der Waals surface area contributed by atoms with Crippen molar-refractivity contribution in [3.63, 3.8) is 0 Å². The summed E-state index contributed by atoms with van der Waals surface area (Å²) in [5.74, 6) is 0. The first-order chi connectivity index (χ1) is 7.59. The molecule has 0 aliphatic heterocycles. The quantitative estimate of drug-likeness (QED) is 0.513. The SMILES string of the molecule is ClC12CC=CC=C1C1(Cl)C(Cl)(Cl)C1(Cl)C2(Cl)Cl. The largest absolute Gasteiger partial charge is 0.167 e.